The van der Waals surface area contributed by atoms with Gasteiger partial charge in [-0.25, -0.2) is 0 Å². The Kier molecular flexibility index (Phi) is 5.12. The third-order valence-corrected chi connectivity index (χ3v) is 3.72. The summed E-state index contributed by atoms with van der Waals surface area (Å²) in [7, 11) is 1.92. The molecule has 0 saturated heterocycles. The van der Waals surface area contributed by atoms with Crippen molar-refractivity contribution in [3.05, 3.63) is 65.2 Å². The van der Waals surface area contributed by atoms with Crippen LogP contribution in [0.4, 0.5) is 5.69 Å². The number of carbonyl (C=O) groups is 1. The summed E-state index contributed by atoms with van der Waals surface area (Å²) in [6, 6.07) is 16.2. The van der Waals surface area contributed by atoms with Crippen molar-refractivity contribution in [1.29, 1.82) is 0 Å². The van der Waals surface area contributed by atoms with Crippen LogP contribution < -0.4 is 10.6 Å². The van der Waals surface area contributed by atoms with Crippen LogP contribution in [0.3, 0.4) is 0 Å². The summed E-state index contributed by atoms with van der Waals surface area (Å²) in [5, 5.41) is 6.17. The first-order valence-corrected chi connectivity index (χ1v) is 7.21. The van der Waals surface area contributed by atoms with Crippen molar-refractivity contribution in [3.63, 3.8) is 0 Å². The first-order valence-electron chi connectivity index (χ1n) is 7.21. The van der Waals surface area contributed by atoms with E-state index < -0.39 is 0 Å². The number of carbonyl (C=O) groups excluding carboxylic acids is 1. The highest BCUT2D eigenvalue weighted by Gasteiger charge is 2.08. The second kappa shape index (κ2) is 7.04. The predicted octanol–water partition coefficient (Wildman–Crippen LogP) is 3.46. The highest BCUT2D eigenvalue weighted by atomic mass is 16.1. The smallest absolute Gasteiger partial charge is 0.228 e. The highest BCUT2D eigenvalue weighted by molar-refractivity contribution is 5.92. The quantitative estimate of drug-likeness (QED) is 0.882. The number of hydrogen-bond donors (Lipinski definition) is 2. The van der Waals surface area contributed by atoms with Gasteiger partial charge in [-0.15, -0.1) is 0 Å². The molecule has 21 heavy (non-hydrogen) atoms. The zero-order valence-electron chi connectivity index (χ0n) is 12.8. The third-order valence-electron chi connectivity index (χ3n) is 3.72. The van der Waals surface area contributed by atoms with E-state index in [2.05, 4.69) is 23.6 Å². The Labute approximate surface area is 126 Å². The van der Waals surface area contributed by atoms with Gasteiger partial charge in [-0.05, 0) is 49.7 Å². The van der Waals surface area contributed by atoms with Crippen molar-refractivity contribution in [2.45, 2.75) is 26.3 Å². The van der Waals surface area contributed by atoms with E-state index in [9.17, 15) is 4.79 Å². The molecule has 0 heterocycles. The molecule has 110 valence electrons. The van der Waals surface area contributed by atoms with Crippen LogP contribution in [0.25, 0.3) is 0 Å². The summed E-state index contributed by atoms with van der Waals surface area (Å²) < 4.78 is 0. The van der Waals surface area contributed by atoms with Gasteiger partial charge in [-0.2, -0.15) is 0 Å². The van der Waals surface area contributed by atoms with Crippen LogP contribution in [-0.2, 0) is 11.2 Å². The Morgan fingerprint density at radius 1 is 1.14 bits per heavy atom. The van der Waals surface area contributed by atoms with Crippen molar-refractivity contribution in [1.82, 2.24) is 5.32 Å². The lowest BCUT2D eigenvalue weighted by Gasteiger charge is -2.13. The summed E-state index contributed by atoms with van der Waals surface area (Å²) in [6.07, 6.45) is 0.401. The van der Waals surface area contributed by atoms with E-state index in [1.807, 2.05) is 56.4 Å². The van der Waals surface area contributed by atoms with Gasteiger partial charge in [-0.3, -0.25) is 4.79 Å². The molecule has 0 spiro atoms. The first-order chi connectivity index (χ1) is 10.1. The number of rotatable bonds is 5. The largest absolute Gasteiger partial charge is 0.326 e. The molecule has 0 aliphatic rings. The fourth-order valence-corrected chi connectivity index (χ4v) is 2.24. The Balaban J connectivity index is 2.05. The summed E-state index contributed by atoms with van der Waals surface area (Å²) in [5.74, 6) is 0.0126. The van der Waals surface area contributed by atoms with E-state index >= 15 is 0 Å². The third kappa shape index (κ3) is 4.17. The SMILES string of the molecule is CNC(C)c1cccc(NC(=O)Cc2ccccc2C)c1. The second-order valence-electron chi connectivity index (χ2n) is 5.29. The summed E-state index contributed by atoms with van der Waals surface area (Å²) in [6.45, 7) is 4.12. The molecular weight excluding hydrogens is 260 g/mol. The summed E-state index contributed by atoms with van der Waals surface area (Å²) in [4.78, 5) is 12.2. The lowest BCUT2D eigenvalue weighted by molar-refractivity contribution is -0.115. The topological polar surface area (TPSA) is 41.1 Å². The second-order valence-corrected chi connectivity index (χ2v) is 5.29. The summed E-state index contributed by atoms with van der Waals surface area (Å²) >= 11 is 0. The van der Waals surface area contributed by atoms with Gasteiger partial charge in [0.05, 0.1) is 6.42 Å². The Morgan fingerprint density at radius 3 is 2.62 bits per heavy atom. The molecule has 2 aromatic rings. The van der Waals surface area contributed by atoms with Crippen LogP contribution >= 0.6 is 0 Å². The van der Waals surface area contributed by atoms with E-state index in [-0.39, 0.29) is 11.9 Å². The Morgan fingerprint density at radius 2 is 1.90 bits per heavy atom. The van der Waals surface area contributed by atoms with Crippen molar-refractivity contribution in [3.8, 4) is 0 Å². The minimum atomic E-state index is 0.0126. The van der Waals surface area contributed by atoms with Gasteiger partial charge < -0.3 is 10.6 Å². The normalized spacial score (nSPS) is 12.0. The monoisotopic (exact) mass is 282 g/mol. The average molecular weight is 282 g/mol. The van der Waals surface area contributed by atoms with Crippen LogP contribution in [0.1, 0.15) is 29.7 Å². The fourth-order valence-electron chi connectivity index (χ4n) is 2.24. The lowest BCUT2D eigenvalue weighted by Crippen LogP contribution is -2.16. The number of benzene rings is 2. The molecule has 0 aliphatic carbocycles. The minimum Gasteiger partial charge on any atom is -0.326 e. The molecule has 2 N–H and O–H groups in total. The number of hydrogen-bond acceptors (Lipinski definition) is 2. The molecule has 0 aliphatic heterocycles. The summed E-state index contributed by atoms with van der Waals surface area (Å²) in [5.41, 5.74) is 4.21. The van der Waals surface area contributed by atoms with Crippen LogP contribution in [0, 0.1) is 6.92 Å². The molecule has 0 bridgehead atoms. The van der Waals surface area contributed by atoms with Gasteiger partial charge in [0.2, 0.25) is 5.91 Å². The number of nitrogens with one attached hydrogen (secondary N) is 2. The maximum absolute atomic E-state index is 12.2. The van der Waals surface area contributed by atoms with Crippen LogP contribution in [0.2, 0.25) is 0 Å². The first kappa shape index (κ1) is 15.3. The molecule has 0 radical (unpaired) electrons. The Hall–Kier alpha value is -2.13. The standard InChI is InChI=1S/C18H22N2O/c1-13-7-4-5-8-15(13)12-18(21)20-17-10-6-9-16(11-17)14(2)19-3/h4-11,14,19H,12H2,1-3H3,(H,20,21). The molecule has 0 fully saturated rings. The van der Waals surface area contributed by atoms with Gasteiger partial charge in [0.25, 0.3) is 0 Å². The van der Waals surface area contributed by atoms with Crippen molar-refractivity contribution >= 4 is 11.6 Å². The molecule has 3 nitrogen and oxygen atoms in total. The number of aryl methyl sites for hydroxylation is 1. The molecule has 3 heteroatoms. The van der Waals surface area contributed by atoms with Gasteiger partial charge in [0.1, 0.15) is 0 Å². The molecule has 2 rings (SSSR count). The fraction of sp³-hybridized carbons (Fsp3) is 0.278. The zero-order chi connectivity index (χ0) is 15.2. The number of anilines is 1. The van der Waals surface area contributed by atoms with E-state index in [4.69, 9.17) is 0 Å². The van der Waals surface area contributed by atoms with E-state index in [1.54, 1.807) is 0 Å². The average Bonchev–Trinajstić information content (AvgIpc) is 2.49. The van der Waals surface area contributed by atoms with E-state index in [1.165, 1.54) is 0 Å². The predicted molar refractivity (Wildman–Crippen MR) is 87.4 cm³/mol. The van der Waals surface area contributed by atoms with Gasteiger partial charge in [0, 0.05) is 11.7 Å². The lowest BCUT2D eigenvalue weighted by atomic mass is 10.1. The maximum atomic E-state index is 12.2. The van der Waals surface area contributed by atoms with Crippen LogP contribution in [0.15, 0.2) is 48.5 Å². The maximum Gasteiger partial charge on any atom is 0.228 e. The zero-order valence-corrected chi connectivity index (χ0v) is 12.8. The number of amides is 1. The van der Waals surface area contributed by atoms with Crippen molar-refractivity contribution in [2.75, 3.05) is 12.4 Å². The van der Waals surface area contributed by atoms with Gasteiger partial charge in [0.15, 0.2) is 0 Å². The van der Waals surface area contributed by atoms with E-state index in [0.717, 1.165) is 22.4 Å². The van der Waals surface area contributed by atoms with Gasteiger partial charge >= 0.3 is 0 Å². The molecule has 1 amide bonds. The highest BCUT2D eigenvalue weighted by Crippen LogP contribution is 2.17. The Bertz CT molecular complexity index is 622. The van der Waals surface area contributed by atoms with E-state index in [0.29, 0.717) is 6.42 Å². The molecule has 1 unspecified atom stereocenters. The molecule has 0 saturated carbocycles. The molecule has 1 atom stereocenters. The van der Waals surface area contributed by atoms with Crippen LogP contribution in [0.5, 0.6) is 0 Å². The van der Waals surface area contributed by atoms with Crippen LogP contribution in [-0.4, -0.2) is 13.0 Å². The molecule has 2 aromatic carbocycles. The van der Waals surface area contributed by atoms with Crippen molar-refractivity contribution < 1.29 is 4.79 Å². The van der Waals surface area contributed by atoms with Gasteiger partial charge in [-0.1, -0.05) is 36.4 Å². The molecular formula is C18H22N2O. The minimum absolute atomic E-state index is 0.0126. The van der Waals surface area contributed by atoms with Crippen molar-refractivity contribution in [2.24, 2.45) is 0 Å². The molecule has 0 aromatic heterocycles.